The van der Waals surface area contributed by atoms with Gasteiger partial charge in [-0.15, -0.1) is 0 Å². The van der Waals surface area contributed by atoms with E-state index in [4.69, 9.17) is 0 Å². The fourth-order valence-electron chi connectivity index (χ4n) is 6.21. The fraction of sp³-hybridized carbons (Fsp3) is 0.459. The minimum Gasteiger partial charge on any atom is -0.386 e. The molecule has 0 spiro atoms. The first-order chi connectivity index (χ1) is 18.5. The van der Waals surface area contributed by atoms with E-state index in [1.54, 1.807) is 0 Å². The van der Waals surface area contributed by atoms with Crippen molar-refractivity contribution >= 4 is 6.08 Å². The lowest BCUT2D eigenvalue weighted by atomic mass is 9.80. The molecule has 2 aromatic carbocycles. The second-order valence-corrected chi connectivity index (χ2v) is 12.5. The summed E-state index contributed by atoms with van der Waals surface area (Å²) in [5.74, 6) is 1.58. The smallest absolute Gasteiger partial charge is 0.0499 e. The van der Waals surface area contributed by atoms with Gasteiger partial charge in [0.15, 0.2) is 0 Å². The summed E-state index contributed by atoms with van der Waals surface area (Å²) < 4.78 is 0. The minimum atomic E-state index is 0.193. The molecule has 2 N–H and O–H groups in total. The zero-order valence-electron chi connectivity index (χ0n) is 25.6. The molecule has 0 heterocycles. The van der Waals surface area contributed by atoms with Crippen LogP contribution in [0.2, 0.25) is 0 Å². The Morgan fingerprint density at radius 3 is 2.10 bits per heavy atom. The minimum absolute atomic E-state index is 0.193. The molecular weight excluding hydrogens is 472 g/mol. The van der Waals surface area contributed by atoms with Crippen molar-refractivity contribution < 1.29 is 0 Å². The van der Waals surface area contributed by atoms with Gasteiger partial charge in [-0.2, -0.15) is 0 Å². The predicted octanol–water partition coefficient (Wildman–Crippen LogP) is 9.14. The Hall–Kier alpha value is -3.00. The molecule has 3 atom stereocenters. The van der Waals surface area contributed by atoms with Crippen molar-refractivity contribution in [2.45, 2.75) is 92.2 Å². The second kappa shape index (κ2) is 13.9. The van der Waals surface area contributed by atoms with Gasteiger partial charge in [-0.05, 0) is 106 Å². The molecular formula is C37H52N2. The van der Waals surface area contributed by atoms with Crippen LogP contribution in [0.15, 0.2) is 85.2 Å². The Kier molecular flexibility index (Phi) is 10.9. The highest BCUT2D eigenvalue weighted by Crippen LogP contribution is 2.37. The highest BCUT2D eigenvalue weighted by atomic mass is 14.9. The largest absolute Gasteiger partial charge is 0.386 e. The van der Waals surface area contributed by atoms with E-state index in [0.717, 1.165) is 37.1 Å². The van der Waals surface area contributed by atoms with E-state index in [2.05, 4.69) is 133 Å². The van der Waals surface area contributed by atoms with Gasteiger partial charge in [0.2, 0.25) is 0 Å². The number of aryl methyl sites for hydroxylation is 1. The first-order valence-corrected chi connectivity index (χ1v) is 14.9. The van der Waals surface area contributed by atoms with Crippen LogP contribution in [0.4, 0.5) is 0 Å². The summed E-state index contributed by atoms with van der Waals surface area (Å²) in [6.45, 7) is 29.0. The number of allylic oxidation sites excluding steroid dienone is 3. The summed E-state index contributed by atoms with van der Waals surface area (Å²) in [6, 6.07) is 16.3. The molecule has 0 aromatic heterocycles. The summed E-state index contributed by atoms with van der Waals surface area (Å²) in [5, 5.41) is 7.56. The summed E-state index contributed by atoms with van der Waals surface area (Å²) in [4.78, 5) is 0. The summed E-state index contributed by atoms with van der Waals surface area (Å²) in [7, 11) is 0. The SMILES string of the molecule is C=C(C)C(NC(=C)[C@@H](CC(C)C)C[C@@H](C(=C)NC(C)C)c1ccc(C)c(/C=C\C)c1)C1Cc2ccccc2C1. The predicted molar refractivity (Wildman–Crippen MR) is 172 cm³/mol. The van der Waals surface area contributed by atoms with Gasteiger partial charge in [-0.25, -0.2) is 0 Å². The molecule has 210 valence electrons. The van der Waals surface area contributed by atoms with Gasteiger partial charge in [0.05, 0.1) is 0 Å². The van der Waals surface area contributed by atoms with Crippen molar-refractivity contribution in [3.8, 4) is 0 Å². The number of fused-ring (bicyclic) bond motifs is 1. The molecule has 1 aliphatic rings. The van der Waals surface area contributed by atoms with Crippen LogP contribution in [0, 0.1) is 24.7 Å². The molecule has 2 heteroatoms. The van der Waals surface area contributed by atoms with Crippen molar-refractivity contribution in [2.24, 2.45) is 17.8 Å². The topological polar surface area (TPSA) is 24.1 Å². The van der Waals surface area contributed by atoms with E-state index in [1.165, 1.54) is 33.4 Å². The highest BCUT2D eigenvalue weighted by molar-refractivity contribution is 5.55. The van der Waals surface area contributed by atoms with Crippen molar-refractivity contribution in [1.82, 2.24) is 10.6 Å². The van der Waals surface area contributed by atoms with Gasteiger partial charge in [-0.3, -0.25) is 0 Å². The number of hydrogen-bond acceptors (Lipinski definition) is 2. The molecule has 1 unspecified atom stereocenters. The Balaban J connectivity index is 1.88. The zero-order chi connectivity index (χ0) is 28.7. The van der Waals surface area contributed by atoms with Crippen molar-refractivity contribution in [3.05, 3.63) is 113 Å². The van der Waals surface area contributed by atoms with Crippen LogP contribution in [0.25, 0.3) is 6.08 Å². The van der Waals surface area contributed by atoms with E-state index in [1.807, 2.05) is 0 Å². The molecule has 39 heavy (non-hydrogen) atoms. The summed E-state index contributed by atoms with van der Waals surface area (Å²) >= 11 is 0. The van der Waals surface area contributed by atoms with Crippen LogP contribution < -0.4 is 10.6 Å². The average molecular weight is 525 g/mol. The lowest BCUT2D eigenvalue weighted by molar-refractivity contribution is 0.360. The van der Waals surface area contributed by atoms with Crippen LogP contribution >= 0.6 is 0 Å². The summed E-state index contributed by atoms with van der Waals surface area (Å²) in [6.07, 6.45) is 8.56. The molecule has 2 aromatic rings. The van der Waals surface area contributed by atoms with Gasteiger partial charge in [0.25, 0.3) is 0 Å². The third kappa shape index (κ3) is 8.24. The van der Waals surface area contributed by atoms with E-state index in [-0.39, 0.29) is 12.0 Å². The lowest BCUT2D eigenvalue weighted by Gasteiger charge is -2.34. The van der Waals surface area contributed by atoms with Crippen molar-refractivity contribution in [3.63, 3.8) is 0 Å². The molecule has 3 rings (SSSR count). The Morgan fingerprint density at radius 2 is 1.56 bits per heavy atom. The molecule has 0 amide bonds. The van der Waals surface area contributed by atoms with Crippen LogP contribution in [-0.2, 0) is 12.8 Å². The maximum Gasteiger partial charge on any atom is 0.0499 e. The Morgan fingerprint density at radius 1 is 0.923 bits per heavy atom. The van der Waals surface area contributed by atoms with Crippen LogP contribution in [0.1, 0.15) is 88.1 Å². The molecule has 0 radical (unpaired) electrons. The standard InChI is InChI=1S/C37H52N2/c1-11-14-30-20-33(18-17-27(30)8)36(29(10)38-26(6)7)23-34(19-24(2)3)28(9)39-37(25(4)5)35-21-31-15-12-13-16-32(31)22-35/h11-18,20,24,26,34-39H,4,9-10,19,21-23H2,1-3,5-8H3/b14-11-/t34-,36-,37?/m0/s1. The zero-order valence-corrected chi connectivity index (χ0v) is 25.6. The highest BCUT2D eigenvalue weighted by Gasteiger charge is 2.31. The van der Waals surface area contributed by atoms with Gasteiger partial charge in [-0.1, -0.05) is 93.8 Å². The first kappa shape index (κ1) is 30.5. The van der Waals surface area contributed by atoms with Crippen LogP contribution in [0.3, 0.4) is 0 Å². The first-order valence-electron chi connectivity index (χ1n) is 14.9. The molecule has 0 saturated heterocycles. The van der Waals surface area contributed by atoms with E-state index in [0.29, 0.717) is 23.8 Å². The van der Waals surface area contributed by atoms with Crippen LogP contribution in [-0.4, -0.2) is 12.1 Å². The maximum atomic E-state index is 4.67. The number of rotatable bonds is 14. The fourth-order valence-corrected chi connectivity index (χ4v) is 6.21. The van der Waals surface area contributed by atoms with Gasteiger partial charge >= 0.3 is 0 Å². The van der Waals surface area contributed by atoms with E-state index in [9.17, 15) is 0 Å². The van der Waals surface area contributed by atoms with E-state index < -0.39 is 0 Å². The Bertz CT molecular complexity index is 1160. The number of hydrogen-bond donors (Lipinski definition) is 2. The molecule has 2 nitrogen and oxygen atoms in total. The van der Waals surface area contributed by atoms with Gasteiger partial charge in [0, 0.05) is 29.4 Å². The molecule has 0 bridgehead atoms. The quantitative estimate of drug-likeness (QED) is 0.241. The second-order valence-electron chi connectivity index (χ2n) is 12.5. The lowest BCUT2D eigenvalue weighted by Crippen LogP contribution is -2.39. The van der Waals surface area contributed by atoms with Gasteiger partial charge in [0.1, 0.15) is 0 Å². The molecule has 1 aliphatic carbocycles. The molecule has 0 fully saturated rings. The molecule has 0 saturated carbocycles. The van der Waals surface area contributed by atoms with Crippen molar-refractivity contribution in [1.29, 1.82) is 0 Å². The third-order valence-electron chi connectivity index (χ3n) is 8.14. The normalized spacial score (nSPS) is 15.8. The van der Waals surface area contributed by atoms with Gasteiger partial charge < -0.3 is 10.6 Å². The van der Waals surface area contributed by atoms with Crippen LogP contribution in [0.5, 0.6) is 0 Å². The van der Waals surface area contributed by atoms with Crippen molar-refractivity contribution in [2.75, 3.05) is 0 Å². The third-order valence-corrected chi connectivity index (χ3v) is 8.14. The number of benzene rings is 2. The Labute approximate surface area is 239 Å². The number of nitrogens with one attached hydrogen (secondary N) is 2. The molecule has 0 aliphatic heterocycles. The van der Waals surface area contributed by atoms with E-state index >= 15 is 0 Å². The maximum absolute atomic E-state index is 4.67. The average Bonchev–Trinajstić information content (AvgIpc) is 3.29. The monoisotopic (exact) mass is 524 g/mol. The summed E-state index contributed by atoms with van der Waals surface area (Å²) in [5.41, 5.74) is 10.3.